The molecule has 0 spiro atoms. The Morgan fingerprint density at radius 3 is 2.29 bits per heavy atom. The molecule has 3 nitrogen and oxygen atoms in total. The summed E-state index contributed by atoms with van der Waals surface area (Å²) >= 11 is 0. The fraction of sp³-hybridized carbons (Fsp3) is 0.571. The summed E-state index contributed by atoms with van der Waals surface area (Å²) in [4.78, 5) is 3.86. The molecule has 0 aliphatic heterocycles. The molecule has 0 aromatic carbocycles. The van der Waals surface area contributed by atoms with Gasteiger partial charge in [0.2, 0.25) is 0 Å². The fourth-order valence-electron chi connectivity index (χ4n) is 2.79. The first kappa shape index (κ1) is 25.9. The molecule has 0 radical (unpaired) electrons. The van der Waals surface area contributed by atoms with Gasteiger partial charge in [-0.05, 0) is 37.3 Å². The maximum absolute atomic E-state index is 14.0. The number of aliphatic imine (C=N–C) groups is 1. The smallest absolute Gasteiger partial charge is 0.417 e. The second-order valence-electron chi connectivity index (χ2n) is 7.10. The Hall–Kier alpha value is -2.07. The summed E-state index contributed by atoms with van der Waals surface area (Å²) in [5.41, 5.74) is -4.06. The van der Waals surface area contributed by atoms with Gasteiger partial charge in [-0.15, -0.1) is 6.42 Å². The summed E-state index contributed by atoms with van der Waals surface area (Å²) < 4.78 is 59.5. The highest BCUT2D eigenvalue weighted by molar-refractivity contribution is 6.02. The maximum Gasteiger partial charge on any atom is 0.417 e. The summed E-state index contributed by atoms with van der Waals surface area (Å²) in [5, 5.41) is 10.8. The molecule has 0 bridgehead atoms. The summed E-state index contributed by atoms with van der Waals surface area (Å²) in [6, 6.07) is 0. The minimum atomic E-state index is -4.96. The minimum Gasteiger partial charge on any atom is -0.497 e. The average molecular weight is 403 g/mol. The number of allylic oxidation sites excluding steroid dienone is 4. The van der Waals surface area contributed by atoms with E-state index in [1.165, 1.54) is 38.5 Å². The first-order valence-corrected chi connectivity index (χ1v) is 8.74. The zero-order valence-corrected chi connectivity index (χ0v) is 17.2. The van der Waals surface area contributed by atoms with E-state index in [9.17, 15) is 22.7 Å². The molecule has 0 aromatic rings. The van der Waals surface area contributed by atoms with Crippen molar-refractivity contribution in [2.75, 3.05) is 13.8 Å². The Morgan fingerprint density at radius 2 is 1.89 bits per heavy atom. The highest BCUT2D eigenvalue weighted by atomic mass is 19.4. The van der Waals surface area contributed by atoms with Gasteiger partial charge in [0, 0.05) is 12.1 Å². The average Bonchev–Trinajstić information content (AvgIpc) is 2.61. The van der Waals surface area contributed by atoms with Gasteiger partial charge in [0.25, 0.3) is 0 Å². The van der Waals surface area contributed by atoms with Crippen molar-refractivity contribution >= 4 is 5.71 Å². The molecule has 0 heterocycles. The summed E-state index contributed by atoms with van der Waals surface area (Å²) in [5.74, 6) is 0.898. The van der Waals surface area contributed by atoms with Gasteiger partial charge in [-0.1, -0.05) is 38.8 Å². The number of hydrogen-bond acceptors (Lipinski definition) is 3. The standard InChI is InChI=1S/C21H29F4NO2/c1-8-13-26-17(9-2)15(3)20(27,21(23,24)25)14-19(5,6)16(4)18(28-7)11-10-12-22/h2,8,10-11,13,15,27H,12,14H2,1,3-7H3/b11-10-,13-8-,18-16-,26-17?. The lowest BCUT2D eigenvalue weighted by molar-refractivity contribution is -0.278. The SMILES string of the molecule is C#CC(=N/C=C\C)C(C)C(O)(CC(C)(C)/C(C)=C(/C=C\CF)OC)C(F)(F)F. The van der Waals surface area contributed by atoms with Crippen LogP contribution in [0.4, 0.5) is 17.6 Å². The number of terminal acetylenes is 1. The van der Waals surface area contributed by atoms with Crippen LogP contribution in [0.25, 0.3) is 0 Å². The van der Waals surface area contributed by atoms with Crippen molar-refractivity contribution in [3.05, 3.63) is 35.8 Å². The van der Waals surface area contributed by atoms with Crippen LogP contribution in [0.15, 0.2) is 40.8 Å². The van der Waals surface area contributed by atoms with Gasteiger partial charge < -0.3 is 9.84 Å². The molecular weight excluding hydrogens is 374 g/mol. The third-order valence-corrected chi connectivity index (χ3v) is 4.80. The lowest BCUT2D eigenvalue weighted by Crippen LogP contribution is -2.55. The molecule has 28 heavy (non-hydrogen) atoms. The molecule has 158 valence electrons. The van der Waals surface area contributed by atoms with Crippen LogP contribution >= 0.6 is 0 Å². The number of nitrogens with zero attached hydrogens (tertiary/aromatic N) is 1. The van der Waals surface area contributed by atoms with Crippen LogP contribution in [0.2, 0.25) is 0 Å². The van der Waals surface area contributed by atoms with Crippen LogP contribution in [-0.4, -0.2) is 36.4 Å². The van der Waals surface area contributed by atoms with Crippen LogP contribution in [-0.2, 0) is 4.74 Å². The number of ether oxygens (including phenoxy) is 1. The molecular formula is C21H29F4NO2. The number of methoxy groups -OCH3 is 1. The fourth-order valence-corrected chi connectivity index (χ4v) is 2.79. The summed E-state index contributed by atoms with van der Waals surface area (Å²) in [6.07, 6.45) is 5.04. The first-order valence-electron chi connectivity index (χ1n) is 8.74. The molecule has 7 heteroatoms. The van der Waals surface area contributed by atoms with Crippen molar-refractivity contribution in [1.82, 2.24) is 0 Å². The van der Waals surface area contributed by atoms with Gasteiger partial charge in [0.05, 0.1) is 12.8 Å². The van der Waals surface area contributed by atoms with Crippen molar-refractivity contribution in [2.24, 2.45) is 16.3 Å². The number of hydrogen-bond donors (Lipinski definition) is 1. The highest BCUT2D eigenvalue weighted by Gasteiger charge is 2.60. The van der Waals surface area contributed by atoms with Crippen LogP contribution in [0.3, 0.4) is 0 Å². The van der Waals surface area contributed by atoms with Gasteiger partial charge in [0.1, 0.15) is 12.4 Å². The van der Waals surface area contributed by atoms with Gasteiger partial charge in [-0.2, -0.15) is 13.2 Å². The normalized spacial score (nSPS) is 18.0. The Bertz CT molecular complexity index is 681. The topological polar surface area (TPSA) is 41.8 Å². The van der Waals surface area contributed by atoms with Crippen LogP contribution < -0.4 is 0 Å². The largest absolute Gasteiger partial charge is 0.497 e. The summed E-state index contributed by atoms with van der Waals surface area (Å²) in [7, 11) is 1.34. The maximum atomic E-state index is 14.0. The highest BCUT2D eigenvalue weighted by Crippen LogP contribution is 2.47. The molecule has 0 amide bonds. The van der Waals surface area contributed by atoms with Gasteiger partial charge >= 0.3 is 6.18 Å². The van der Waals surface area contributed by atoms with Crippen molar-refractivity contribution in [1.29, 1.82) is 0 Å². The van der Waals surface area contributed by atoms with Gasteiger partial charge in [-0.25, -0.2) is 4.39 Å². The van der Waals surface area contributed by atoms with Crippen molar-refractivity contribution in [3.8, 4) is 12.3 Å². The lowest BCUT2D eigenvalue weighted by Gasteiger charge is -2.41. The van der Waals surface area contributed by atoms with Gasteiger partial charge in [0.15, 0.2) is 5.60 Å². The Labute approximate surface area is 164 Å². The Balaban J connectivity index is 6.31. The van der Waals surface area contributed by atoms with E-state index in [4.69, 9.17) is 11.2 Å². The quantitative estimate of drug-likeness (QED) is 0.184. The van der Waals surface area contributed by atoms with Crippen molar-refractivity contribution < 1.29 is 27.4 Å². The van der Waals surface area contributed by atoms with Crippen molar-refractivity contribution in [3.63, 3.8) is 0 Å². The van der Waals surface area contributed by atoms with E-state index in [2.05, 4.69) is 10.9 Å². The molecule has 0 aliphatic carbocycles. The van der Waals surface area contributed by atoms with E-state index in [0.29, 0.717) is 5.57 Å². The van der Waals surface area contributed by atoms with Crippen molar-refractivity contribution in [2.45, 2.75) is 52.8 Å². The third-order valence-electron chi connectivity index (χ3n) is 4.80. The van der Waals surface area contributed by atoms with E-state index in [0.717, 1.165) is 0 Å². The van der Waals surface area contributed by atoms with E-state index >= 15 is 0 Å². The molecule has 0 rings (SSSR count). The van der Waals surface area contributed by atoms with E-state index in [1.54, 1.807) is 27.7 Å². The molecule has 1 N–H and O–H groups in total. The van der Waals surface area contributed by atoms with Crippen LogP contribution in [0.1, 0.15) is 41.0 Å². The second kappa shape index (κ2) is 10.5. The zero-order chi connectivity index (χ0) is 22.2. The second-order valence-corrected chi connectivity index (χ2v) is 7.10. The first-order chi connectivity index (χ1) is 12.8. The van der Waals surface area contributed by atoms with E-state index in [1.807, 2.05) is 0 Å². The number of alkyl halides is 4. The molecule has 0 fully saturated rings. The third kappa shape index (κ3) is 6.23. The number of rotatable bonds is 9. The summed E-state index contributed by atoms with van der Waals surface area (Å²) in [6.45, 7) is 6.78. The van der Waals surface area contributed by atoms with Crippen LogP contribution in [0.5, 0.6) is 0 Å². The molecule has 2 unspecified atom stereocenters. The molecule has 0 aromatic heterocycles. The zero-order valence-electron chi connectivity index (χ0n) is 17.2. The molecule has 0 saturated heterocycles. The lowest BCUT2D eigenvalue weighted by atomic mass is 9.69. The van der Waals surface area contributed by atoms with E-state index < -0.39 is 36.2 Å². The van der Waals surface area contributed by atoms with Crippen LogP contribution in [0, 0.1) is 23.7 Å². The Kier molecular flexibility index (Phi) is 9.69. The number of halogens is 4. The monoisotopic (exact) mass is 403 g/mol. The van der Waals surface area contributed by atoms with Gasteiger partial charge in [-0.3, -0.25) is 4.99 Å². The predicted molar refractivity (Wildman–Crippen MR) is 104 cm³/mol. The molecule has 0 aliphatic rings. The molecule has 0 saturated carbocycles. The molecule has 2 atom stereocenters. The Morgan fingerprint density at radius 1 is 1.32 bits per heavy atom. The minimum absolute atomic E-state index is 0.209. The van der Waals surface area contributed by atoms with E-state index in [-0.39, 0.29) is 11.5 Å². The number of aliphatic hydroxyl groups is 1. The predicted octanol–water partition coefficient (Wildman–Crippen LogP) is 5.39.